The molecule has 1 aromatic carbocycles. The lowest BCUT2D eigenvalue weighted by Gasteiger charge is -2.14. The largest absolute Gasteiger partial charge is 0.406 e. The van der Waals surface area contributed by atoms with Gasteiger partial charge in [0.15, 0.2) is 0 Å². The summed E-state index contributed by atoms with van der Waals surface area (Å²) in [7, 11) is 0. The van der Waals surface area contributed by atoms with Crippen molar-refractivity contribution >= 4 is 11.7 Å². The molecule has 5 heteroatoms. The van der Waals surface area contributed by atoms with Crippen molar-refractivity contribution in [3.05, 3.63) is 35.7 Å². The Bertz CT molecular complexity index is 578. The molecule has 1 atom stereocenters. The van der Waals surface area contributed by atoms with Gasteiger partial charge < -0.3 is 10.2 Å². The Balaban J connectivity index is 1.89. The molecule has 1 aliphatic rings. The summed E-state index contributed by atoms with van der Waals surface area (Å²) in [5.74, 6) is 0.786. The summed E-state index contributed by atoms with van der Waals surface area (Å²) in [6.45, 7) is 4.96. The van der Waals surface area contributed by atoms with E-state index in [1.54, 1.807) is 0 Å². The molecule has 0 radical (unpaired) electrons. The Labute approximate surface area is 112 Å². The van der Waals surface area contributed by atoms with Crippen LogP contribution < -0.4 is 10.6 Å². The molecule has 2 aromatic rings. The van der Waals surface area contributed by atoms with E-state index in [1.807, 2.05) is 19.9 Å². The van der Waals surface area contributed by atoms with Crippen LogP contribution in [0.5, 0.6) is 0 Å². The second-order valence-corrected chi connectivity index (χ2v) is 5.22. The third-order valence-electron chi connectivity index (χ3n) is 3.55. The van der Waals surface area contributed by atoms with Gasteiger partial charge in [-0.15, -0.1) is 5.10 Å². The molecule has 5 nitrogen and oxygen atoms in total. The molecule has 0 aliphatic carbocycles. The number of benzene rings is 1. The molecule has 1 aliphatic heterocycles. The Hall–Kier alpha value is -1.88. The molecular weight excluding hydrogens is 240 g/mol. The summed E-state index contributed by atoms with van der Waals surface area (Å²) in [6.07, 6.45) is 1.00. The van der Waals surface area contributed by atoms with E-state index in [1.165, 1.54) is 5.56 Å². The summed E-state index contributed by atoms with van der Waals surface area (Å²) in [5, 5.41) is 8.20. The van der Waals surface area contributed by atoms with Crippen molar-refractivity contribution in [3.63, 3.8) is 0 Å². The minimum absolute atomic E-state index is 0.209. The third-order valence-corrected chi connectivity index (χ3v) is 3.55. The highest BCUT2D eigenvalue weighted by molar-refractivity contribution is 5.64. The fourth-order valence-electron chi connectivity index (χ4n) is 2.29. The van der Waals surface area contributed by atoms with Gasteiger partial charge in [0.1, 0.15) is 0 Å². The first-order valence-electron chi connectivity index (χ1n) is 6.61. The molecule has 100 valence electrons. The number of nitrogens with two attached hydrogens (primary N) is 1. The molecule has 0 amide bonds. The summed E-state index contributed by atoms with van der Waals surface area (Å²) in [6, 6.07) is 8.61. The smallest absolute Gasteiger partial charge is 0.322 e. The fraction of sp³-hybridized carbons (Fsp3) is 0.429. The maximum atomic E-state index is 6.03. The van der Waals surface area contributed by atoms with Crippen LogP contribution in [0.4, 0.5) is 11.7 Å². The average molecular weight is 258 g/mol. The molecule has 2 N–H and O–H groups in total. The van der Waals surface area contributed by atoms with E-state index in [-0.39, 0.29) is 12.0 Å². The number of aromatic nitrogens is 2. The Morgan fingerprint density at radius 3 is 2.84 bits per heavy atom. The first-order chi connectivity index (χ1) is 9.16. The highest BCUT2D eigenvalue weighted by Gasteiger charge is 2.26. The normalized spacial score (nSPS) is 15.9. The number of anilines is 2. The monoisotopic (exact) mass is 258 g/mol. The number of hydrogen-bond acceptors (Lipinski definition) is 5. The number of fused-ring (bicyclic) bond motifs is 1. The Kier molecular flexibility index (Phi) is 2.98. The lowest BCUT2D eigenvalue weighted by Crippen LogP contribution is -2.17. The molecule has 0 saturated carbocycles. The minimum Gasteiger partial charge on any atom is -0.406 e. The standard InChI is InChI=1S/C14H18N4O/c1-9(2)12(15)13-16-17-14(19-13)18-8-7-10-5-3-4-6-11(10)18/h3-6,9,12H,7-8,15H2,1-2H3. The van der Waals surface area contributed by atoms with Crippen LogP contribution in [0.1, 0.15) is 31.3 Å². The molecule has 0 fully saturated rings. The van der Waals surface area contributed by atoms with Gasteiger partial charge in [-0.25, -0.2) is 0 Å². The van der Waals surface area contributed by atoms with Gasteiger partial charge in [0.05, 0.1) is 6.04 Å². The Morgan fingerprint density at radius 2 is 2.05 bits per heavy atom. The van der Waals surface area contributed by atoms with Crippen molar-refractivity contribution in [2.75, 3.05) is 11.4 Å². The van der Waals surface area contributed by atoms with Crippen molar-refractivity contribution in [2.24, 2.45) is 11.7 Å². The zero-order valence-electron chi connectivity index (χ0n) is 11.2. The van der Waals surface area contributed by atoms with Gasteiger partial charge in [0.2, 0.25) is 5.89 Å². The van der Waals surface area contributed by atoms with Gasteiger partial charge in [-0.1, -0.05) is 37.1 Å². The van der Waals surface area contributed by atoms with Crippen molar-refractivity contribution in [1.29, 1.82) is 0 Å². The quantitative estimate of drug-likeness (QED) is 0.915. The number of rotatable bonds is 3. The molecule has 1 aromatic heterocycles. The van der Waals surface area contributed by atoms with E-state index in [4.69, 9.17) is 10.2 Å². The summed E-state index contributed by atoms with van der Waals surface area (Å²) >= 11 is 0. The minimum atomic E-state index is -0.209. The highest BCUT2D eigenvalue weighted by atomic mass is 16.4. The molecule has 1 unspecified atom stereocenters. The third kappa shape index (κ3) is 2.10. The van der Waals surface area contributed by atoms with Gasteiger partial charge in [0.25, 0.3) is 0 Å². The Morgan fingerprint density at radius 1 is 1.26 bits per heavy atom. The average Bonchev–Trinajstić information content (AvgIpc) is 3.03. The van der Waals surface area contributed by atoms with Gasteiger partial charge in [-0.2, -0.15) is 0 Å². The zero-order chi connectivity index (χ0) is 13.4. The first kappa shape index (κ1) is 12.2. The van der Waals surface area contributed by atoms with Crippen LogP contribution in [0.25, 0.3) is 0 Å². The van der Waals surface area contributed by atoms with Crippen LogP contribution in [-0.4, -0.2) is 16.7 Å². The summed E-state index contributed by atoms with van der Waals surface area (Å²) < 4.78 is 5.73. The van der Waals surface area contributed by atoms with Crippen molar-refractivity contribution in [2.45, 2.75) is 26.3 Å². The van der Waals surface area contributed by atoms with Crippen LogP contribution in [0.15, 0.2) is 28.7 Å². The summed E-state index contributed by atoms with van der Waals surface area (Å²) in [5.41, 5.74) is 8.49. The summed E-state index contributed by atoms with van der Waals surface area (Å²) in [4.78, 5) is 2.05. The van der Waals surface area contributed by atoms with Gasteiger partial charge in [0, 0.05) is 12.2 Å². The van der Waals surface area contributed by atoms with Crippen molar-refractivity contribution < 1.29 is 4.42 Å². The number of hydrogen-bond donors (Lipinski definition) is 1. The van der Waals surface area contributed by atoms with E-state index in [0.717, 1.165) is 18.7 Å². The van der Waals surface area contributed by atoms with Crippen LogP contribution in [0.3, 0.4) is 0 Å². The fourth-order valence-corrected chi connectivity index (χ4v) is 2.29. The SMILES string of the molecule is CC(C)C(N)c1nnc(N2CCc3ccccc32)o1. The second kappa shape index (κ2) is 4.66. The molecule has 3 rings (SSSR count). The molecule has 0 saturated heterocycles. The van der Waals surface area contributed by atoms with Gasteiger partial charge in [-0.3, -0.25) is 4.90 Å². The van der Waals surface area contributed by atoms with Crippen molar-refractivity contribution in [3.8, 4) is 0 Å². The van der Waals surface area contributed by atoms with E-state index in [9.17, 15) is 0 Å². The van der Waals surface area contributed by atoms with Crippen LogP contribution in [0.2, 0.25) is 0 Å². The van der Waals surface area contributed by atoms with Gasteiger partial charge >= 0.3 is 6.01 Å². The molecule has 0 spiro atoms. The van der Waals surface area contributed by atoms with E-state index in [0.29, 0.717) is 11.9 Å². The lowest BCUT2D eigenvalue weighted by molar-refractivity contribution is 0.391. The maximum Gasteiger partial charge on any atom is 0.322 e. The molecule has 19 heavy (non-hydrogen) atoms. The van der Waals surface area contributed by atoms with Crippen LogP contribution >= 0.6 is 0 Å². The predicted octanol–water partition coefficient (Wildman–Crippen LogP) is 2.42. The predicted molar refractivity (Wildman–Crippen MR) is 73.2 cm³/mol. The van der Waals surface area contributed by atoms with Crippen LogP contribution in [-0.2, 0) is 6.42 Å². The highest BCUT2D eigenvalue weighted by Crippen LogP contribution is 2.34. The second-order valence-electron chi connectivity index (χ2n) is 5.22. The zero-order valence-corrected chi connectivity index (χ0v) is 11.2. The molecular formula is C14H18N4O. The topological polar surface area (TPSA) is 68.2 Å². The van der Waals surface area contributed by atoms with E-state index >= 15 is 0 Å². The number of nitrogens with zero attached hydrogens (tertiary/aromatic N) is 3. The first-order valence-corrected chi connectivity index (χ1v) is 6.61. The van der Waals surface area contributed by atoms with Crippen molar-refractivity contribution in [1.82, 2.24) is 10.2 Å². The lowest BCUT2D eigenvalue weighted by atomic mass is 10.1. The maximum absolute atomic E-state index is 6.03. The van der Waals surface area contributed by atoms with E-state index in [2.05, 4.69) is 33.3 Å². The molecule has 2 heterocycles. The van der Waals surface area contributed by atoms with Gasteiger partial charge in [-0.05, 0) is 24.0 Å². The molecule has 0 bridgehead atoms. The van der Waals surface area contributed by atoms with E-state index < -0.39 is 0 Å². The number of para-hydroxylation sites is 1. The van der Waals surface area contributed by atoms with Crippen LogP contribution in [0, 0.1) is 5.92 Å².